The molecule has 1 aromatic rings. The Hall–Kier alpha value is -1.51. The zero-order chi connectivity index (χ0) is 13.0. The van der Waals surface area contributed by atoms with Gasteiger partial charge >= 0.3 is 0 Å². The minimum atomic E-state index is 0.0442. The van der Waals surface area contributed by atoms with Crippen molar-refractivity contribution in [2.75, 3.05) is 18.1 Å². The minimum Gasteiger partial charge on any atom is -0.324 e. The van der Waals surface area contributed by atoms with E-state index in [0.717, 1.165) is 22.6 Å². The second kappa shape index (κ2) is 5.89. The van der Waals surface area contributed by atoms with Gasteiger partial charge in [-0.1, -0.05) is 6.07 Å². The summed E-state index contributed by atoms with van der Waals surface area (Å²) >= 11 is 1.56. The van der Waals surface area contributed by atoms with Crippen molar-refractivity contribution in [3.05, 3.63) is 23.8 Å². The van der Waals surface area contributed by atoms with Gasteiger partial charge in [-0.3, -0.25) is 4.79 Å². The molecule has 5 heteroatoms. The second-order valence-electron chi connectivity index (χ2n) is 4.13. The summed E-state index contributed by atoms with van der Waals surface area (Å²) in [5, 5.41) is 14.7. The third-order valence-electron chi connectivity index (χ3n) is 2.93. The number of nitrogens with one attached hydrogen (secondary N) is 2. The third kappa shape index (κ3) is 2.84. The van der Waals surface area contributed by atoms with Gasteiger partial charge in [0.15, 0.2) is 0 Å². The lowest BCUT2D eigenvalue weighted by Gasteiger charge is -2.20. The standard InChI is InChI=1S/C13H15N3OS/c1-15-10(3-2-6-14)9-4-5-12-11(7-9)16-13(17)8-18-12/h4-5,7,10,15H,2-3,8H2,1H3,(H,16,17). The lowest BCUT2D eigenvalue weighted by atomic mass is 10.0. The van der Waals surface area contributed by atoms with Crippen molar-refractivity contribution in [1.29, 1.82) is 5.26 Å². The molecule has 1 heterocycles. The molecule has 18 heavy (non-hydrogen) atoms. The van der Waals surface area contributed by atoms with E-state index in [-0.39, 0.29) is 11.9 Å². The summed E-state index contributed by atoms with van der Waals surface area (Å²) in [5.41, 5.74) is 1.99. The smallest absolute Gasteiger partial charge is 0.234 e. The van der Waals surface area contributed by atoms with Gasteiger partial charge in [0.2, 0.25) is 5.91 Å². The Balaban J connectivity index is 2.21. The first-order chi connectivity index (χ1) is 8.74. The van der Waals surface area contributed by atoms with E-state index in [1.807, 2.05) is 19.2 Å². The van der Waals surface area contributed by atoms with Crippen molar-refractivity contribution in [1.82, 2.24) is 5.32 Å². The zero-order valence-corrected chi connectivity index (χ0v) is 11.0. The third-order valence-corrected chi connectivity index (χ3v) is 4.01. The van der Waals surface area contributed by atoms with E-state index in [2.05, 4.69) is 22.8 Å². The van der Waals surface area contributed by atoms with Crippen LogP contribution in [-0.4, -0.2) is 18.7 Å². The van der Waals surface area contributed by atoms with Crippen LogP contribution in [0.15, 0.2) is 23.1 Å². The van der Waals surface area contributed by atoms with Crippen LogP contribution in [0, 0.1) is 11.3 Å². The SMILES string of the molecule is CNC(CCC#N)c1ccc2c(c1)NC(=O)CS2. The quantitative estimate of drug-likeness (QED) is 0.873. The summed E-state index contributed by atoms with van der Waals surface area (Å²) < 4.78 is 0. The number of rotatable bonds is 4. The van der Waals surface area contributed by atoms with Gasteiger partial charge < -0.3 is 10.6 Å². The Labute approximate surface area is 111 Å². The van der Waals surface area contributed by atoms with Crippen molar-refractivity contribution in [2.45, 2.75) is 23.8 Å². The Bertz CT molecular complexity index is 495. The number of thioether (sulfide) groups is 1. The van der Waals surface area contributed by atoms with Crippen molar-refractivity contribution in [3.8, 4) is 6.07 Å². The number of hydrogen-bond donors (Lipinski definition) is 2. The number of carbonyl (C=O) groups excluding carboxylic acids is 1. The molecule has 0 bridgehead atoms. The molecule has 1 unspecified atom stereocenters. The van der Waals surface area contributed by atoms with Gasteiger partial charge in [-0.25, -0.2) is 0 Å². The largest absolute Gasteiger partial charge is 0.324 e. The molecule has 0 aliphatic carbocycles. The molecule has 0 radical (unpaired) electrons. The maximum Gasteiger partial charge on any atom is 0.234 e. The summed E-state index contributed by atoms with van der Waals surface area (Å²) in [7, 11) is 1.88. The fourth-order valence-corrected chi connectivity index (χ4v) is 2.79. The summed E-state index contributed by atoms with van der Waals surface area (Å²) in [6.07, 6.45) is 1.29. The molecule has 1 aliphatic rings. The van der Waals surface area contributed by atoms with Crippen LogP contribution in [0.25, 0.3) is 0 Å². The van der Waals surface area contributed by atoms with Gasteiger partial charge in [0.25, 0.3) is 0 Å². The predicted octanol–water partition coefficient (Wildman–Crippen LogP) is 2.30. The van der Waals surface area contributed by atoms with Crippen LogP contribution in [0.2, 0.25) is 0 Å². The average molecular weight is 261 g/mol. The number of nitrogens with zero attached hydrogens (tertiary/aromatic N) is 1. The maximum atomic E-state index is 11.4. The van der Waals surface area contributed by atoms with Crippen LogP contribution < -0.4 is 10.6 Å². The number of carbonyl (C=O) groups is 1. The molecule has 0 saturated carbocycles. The summed E-state index contributed by atoms with van der Waals surface area (Å²) in [6.45, 7) is 0. The van der Waals surface area contributed by atoms with Crippen LogP contribution in [0.1, 0.15) is 24.4 Å². The van der Waals surface area contributed by atoms with E-state index in [9.17, 15) is 4.79 Å². The molecule has 94 valence electrons. The molecule has 0 fully saturated rings. The van der Waals surface area contributed by atoms with Crippen molar-refractivity contribution >= 4 is 23.4 Å². The highest BCUT2D eigenvalue weighted by atomic mass is 32.2. The van der Waals surface area contributed by atoms with E-state index in [1.165, 1.54) is 0 Å². The highest BCUT2D eigenvalue weighted by molar-refractivity contribution is 8.00. The monoisotopic (exact) mass is 261 g/mol. The van der Waals surface area contributed by atoms with Gasteiger partial charge in [0, 0.05) is 17.4 Å². The number of anilines is 1. The normalized spacial score (nSPS) is 15.4. The fourth-order valence-electron chi connectivity index (χ4n) is 2.00. The first kappa shape index (κ1) is 12.9. The maximum absolute atomic E-state index is 11.4. The first-order valence-corrected chi connectivity index (χ1v) is 6.84. The van der Waals surface area contributed by atoms with E-state index in [1.54, 1.807) is 11.8 Å². The molecule has 1 amide bonds. The van der Waals surface area contributed by atoms with Crippen LogP contribution in [0.5, 0.6) is 0 Å². The number of amides is 1. The second-order valence-corrected chi connectivity index (χ2v) is 5.15. The molecule has 0 aromatic heterocycles. The summed E-state index contributed by atoms with van der Waals surface area (Å²) in [5.74, 6) is 0.527. The number of benzene rings is 1. The van der Waals surface area contributed by atoms with Crippen LogP contribution >= 0.6 is 11.8 Å². The van der Waals surface area contributed by atoms with E-state index in [4.69, 9.17) is 5.26 Å². The molecule has 1 aromatic carbocycles. The molecule has 0 saturated heterocycles. The Morgan fingerprint density at radius 3 is 3.17 bits per heavy atom. The van der Waals surface area contributed by atoms with Gasteiger partial charge in [0.1, 0.15) is 0 Å². The van der Waals surface area contributed by atoms with Crippen molar-refractivity contribution < 1.29 is 4.79 Å². The van der Waals surface area contributed by atoms with Crippen molar-refractivity contribution in [2.24, 2.45) is 0 Å². The lowest BCUT2D eigenvalue weighted by Crippen LogP contribution is -2.20. The highest BCUT2D eigenvalue weighted by Crippen LogP contribution is 2.33. The number of nitriles is 1. The Morgan fingerprint density at radius 1 is 1.61 bits per heavy atom. The van der Waals surface area contributed by atoms with Gasteiger partial charge in [0.05, 0.1) is 17.5 Å². The van der Waals surface area contributed by atoms with Gasteiger partial charge in [-0.05, 0) is 31.2 Å². The molecule has 2 N–H and O–H groups in total. The molecule has 1 aliphatic heterocycles. The average Bonchev–Trinajstić information content (AvgIpc) is 2.39. The Morgan fingerprint density at radius 2 is 2.44 bits per heavy atom. The van der Waals surface area contributed by atoms with E-state index in [0.29, 0.717) is 12.2 Å². The number of fused-ring (bicyclic) bond motifs is 1. The van der Waals surface area contributed by atoms with Gasteiger partial charge in [-0.15, -0.1) is 11.8 Å². The first-order valence-electron chi connectivity index (χ1n) is 5.85. The molecule has 4 nitrogen and oxygen atoms in total. The van der Waals surface area contributed by atoms with E-state index >= 15 is 0 Å². The zero-order valence-electron chi connectivity index (χ0n) is 10.2. The van der Waals surface area contributed by atoms with Gasteiger partial charge in [-0.2, -0.15) is 5.26 Å². The highest BCUT2D eigenvalue weighted by Gasteiger charge is 2.17. The molecular formula is C13H15N3OS. The lowest BCUT2D eigenvalue weighted by molar-refractivity contribution is -0.113. The summed E-state index contributed by atoms with van der Waals surface area (Å²) in [4.78, 5) is 12.5. The summed E-state index contributed by atoms with van der Waals surface area (Å²) in [6, 6.07) is 8.40. The van der Waals surface area contributed by atoms with Crippen molar-refractivity contribution in [3.63, 3.8) is 0 Å². The molecular weight excluding hydrogens is 246 g/mol. The van der Waals surface area contributed by atoms with Crippen LogP contribution in [0.4, 0.5) is 5.69 Å². The van der Waals surface area contributed by atoms with E-state index < -0.39 is 0 Å². The molecule has 2 rings (SSSR count). The number of hydrogen-bond acceptors (Lipinski definition) is 4. The van der Waals surface area contributed by atoms with Crippen LogP contribution in [-0.2, 0) is 4.79 Å². The fraction of sp³-hybridized carbons (Fsp3) is 0.385. The molecule has 0 spiro atoms. The van der Waals surface area contributed by atoms with Crippen LogP contribution in [0.3, 0.4) is 0 Å². The minimum absolute atomic E-state index is 0.0442. The molecule has 1 atom stereocenters. The topological polar surface area (TPSA) is 64.9 Å². The Kier molecular flexibility index (Phi) is 4.24. The predicted molar refractivity (Wildman–Crippen MR) is 72.4 cm³/mol.